The van der Waals surface area contributed by atoms with Gasteiger partial charge in [0.2, 0.25) is 6.73 Å². The SMILES string of the molecule is CC[N+]([O-])(CC)/N=N\OCN(C(=O)OC(C)(C)C)S(=O)(=O)c1cc(C(=O)NN2c3ccccc3CC2C)ccc1Cl. The first-order chi connectivity index (χ1) is 19.1. The number of carbonyl (C=O) groups excluding carboxylic acids is 2. The molecule has 0 bridgehead atoms. The molecule has 1 atom stereocenters. The minimum atomic E-state index is -4.75. The van der Waals surface area contributed by atoms with Crippen molar-refractivity contribution in [2.24, 2.45) is 10.5 Å². The van der Waals surface area contributed by atoms with E-state index in [0.717, 1.165) is 23.7 Å². The molecule has 1 aliphatic rings. The average molecular weight is 611 g/mol. The molecule has 1 aliphatic heterocycles. The zero-order valence-electron chi connectivity index (χ0n) is 23.8. The molecular formula is C26H35ClN6O7S. The number of hydrazine groups is 1. The molecular weight excluding hydrogens is 576 g/mol. The fourth-order valence-corrected chi connectivity index (χ4v) is 5.58. The summed E-state index contributed by atoms with van der Waals surface area (Å²) in [5, 5.41) is 20.6. The normalized spacial score (nSPS) is 15.5. The highest BCUT2D eigenvalue weighted by Gasteiger charge is 2.36. The van der Waals surface area contributed by atoms with E-state index in [-0.39, 0.29) is 34.0 Å². The van der Waals surface area contributed by atoms with Crippen molar-refractivity contribution in [2.75, 3.05) is 24.8 Å². The van der Waals surface area contributed by atoms with E-state index < -0.39 is 44.0 Å². The van der Waals surface area contributed by atoms with Crippen molar-refractivity contribution in [3.8, 4) is 0 Å². The number of hydrogen-bond acceptors (Lipinski definition) is 10. The van der Waals surface area contributed by atoms with Crippen LogP contribution in [0, 0.1) is 5.21 Å². The number of carbonyl (C=O) groups is 2. The van der Waals surface area contributed by atoms with Crippen molar-refractivity contribution in [1.29, 1.82) is 0 Å². The Morgan fingerprint density at radius 1 is 1.20 bits per heavy atom. The highest BCUT2D eigenvalue weighted by molar-refractivity contribution is 7.89. The maximum Gasteiger partial charge on any atom is 0.427 e. The number of anilines is 1. The molecule has 0 fully saturated rings. The van der Waals surface area contributed by atoms with Crippen LogP contribution in [0.15, 0.2) is 57.9 Å². The van der Waals surface area contributed by atoms with Gasteiger partial charge in [-0.2, -0.15) is 4.31 Å². The van der Waals surface area contributed by atoms with Crippen LogP contribution < -0.4 is 10.4 Å². The Morgan fingerprint density at radius 2 is 1.85 bits per heavy atom. The molecule has 224 valence electrons. The lowest BCUT2D eigenvalue weighted by molar-refractivity contribution is -0.890. The second-order valence-corrected chi connectivity index (χ2v) is 12.6. The highest BCUT2D eigenvalue weighted by Crippen LogP contribution is 2.31. The Hall–Kier alpha value is -3.46. The quantitative estimate of drug-likeness (QED) is 0.171. The topological polar surface area (TPSA) is 153 Å². The smallest absolute Gasteiger partial charge is 0.427 e. The van der Waals surface area contributed by atoms with Gasteiger partial charge >= 0.3 is 6.09 Å². The number of quaternary nitrogens is 1. The fourth-order valence-electron chi connectivity index (χ4n) is 3.92. The van der Waals surface area contributed by atoms with E-state index in [1.807, 2.05) is 31.2 Å². The second-order valence-electron chi connectivity index (χ2n) is 10.4. The van der Waals surface area contributed by atoms with Crippen LogP contribution in [0.25, 0.3) is 0 Å². The van der Waals surface area contributed by atoms with Gasteiger partial charge < -0.3 is 14.8 Å². The minimum absolute atomic E-state index is 0.0198. The first-order valence-electron chi connectivity index (χ1n) is 13.0. The number of ether oxygens (including phenoxy) is 1. The number of hydrogen-bond donors (Lipinski definition) is 1. The van der Waals surface area contributed by atoms with Crippen LogP contribution in [0.4, 0.5) is 10.5 Å². The fraction of sp³-hybridized carbons (Fsp3) is 0.462. The lowest BCUT2D eigenvalue weighted by Gasteiger charge is -2.30. The third kappa shape index (κ3) is 7.64. The predicted octanol–water partition coefficient (Wildman–Crippen LogP) is 4.97. The molecule has 0 radical (unpaired) electrons. The number of rotatable bonds is 10. The van der Waals surface area contributed by atoms with Gasteiger partial charge in [-0.3, -0.25) is 15.2 Å². The van der Waals surface area contributed by atoms with Crippen molar-refractivity contribution in [3.63, 3.8) is 0 Å². The number of para-hydroxylation sites is 1. The molecule has 1 N–H and O–H groups in total. The van der Waals surface area contributed by atoms with Crippen molar-refractivity contribution in [1.82, 2.24) is 9.73 Å². The molecule has 15 heteroatoms. The molecule has 0 saturated heterocycles. The number of hydroxylamine groups is 2. The Balaban J connectivity index is 1.91. The molecule has 0 saturated carbocycles. The molecule has 41 heavy (non-hydrogen) atoms. The van der Waals surface area contributed by atoms with Crippen LogP contribution in [-0.2, 0) is 26.0 Å². The molecule has 0 aromatic heterocycles. The number of sulfonamides is 1. The van der Waals surface area contributed by atoms with Gasteiger partial charge in [-0.15, -0.1) is 0 Å². The maximum atomic E-state index is 13.7. The molecule has 1 heterocycles. The van der Waals surface area contributed by atoms with E-state index in [4.69, 9.17) is 21.2 Å². The Labute approximate surface area is 244 Å². The molecule has 2 aromatic rings. The van der Waals surface area contributed by atoms with Gasteiger partial charge in [-0.25, -0.2) is 18.0 Å². The van der Waals surface area contributed by atoms with Gasteiger partial charge in [0.05, 0.1) is 27.3 Å². The number of halogens is 1. The van der Waals surface area contributed by atoms with E-state index in [0.29, 0.717) is 0 Å². The lowest BCUT2D eigenvalue weighted by atomic mass is 10.1. The zero-order chi connectivity index (χ0) is 30.6. The van der Waals surface area contributed by atoms with Gasteiger partial charge in [-0.1, -0.05) is 29.8 Å². The monoisotopic (exact) mass is 610 g/mol. The average Bonchev–Trinajstić information content (AvgIpc) is 3.21. The summed E-state index contributed by atoms with van der Waals surface area (Å²) >= 11 is 6.26. The first-order valence-corrected chi connectivity index (χ1v) is 14.8. The van der Waals surface area contributed by atoms with Crippen LogP contribution in [-0.4, -0.2) is 60.9 Å². The third-order valence-electron chi connectivity index (χ3n) is 6.21. The van der Waals surface area contributed by atoms with E-state index in [9.17, 15) is 23.2 Å². The Kier molecular flexibility index (Phi) is 9.85. The van der Waals surface area contributed by atoms with Gasteiger partial charge in [0.1, 0.15) is 23.6 Å². The van der Waals surface area contributed by atoms with Crippen LogP contribution >= 0.6 is 11.6 Å². The Bertz CT molecular complexity index is 1410. The lowest BCUT2D eigenvalue weighted by Crippen LogP contribution is -2.45. The highest BCUT2D eigenvalue weighted by atomic mass is 35.5. The standard InChI is InChI=1S/C26H35ClN6O7S/c1-7-33(36,8-2)29-30-39-17-31(25(35)40-26(4,5)6)41(37,38)23-16-20(13-14-21(23)27)24(34)28-32-18(3)15-19-11-9-10-12-22(19)32/h9-14,16,18H,7-8,15,17H2,1-6H3,(H,28,34)/b30-29-. The molecule has 1 unspecified atom stereocenters. The van der Waals surface area contributed by atoms with Crippen LogP contribution in [0.2, 0.25) is 5.02 Å². The van der Waals surface area contributed by atoms with Gasteiger partial charge in [0.25, 0.3) is 15.9 Å². The summed E-state index contributed by atoms with van der Waals surface area (Å²) in [4.78, 5) is 30.6. The molecule has 0 aliphatic carbocycles. The largest absolute Gasteiger partial charge is 0.603 e. The summed E-state index contributed by atoms with van der Waals surface area (Å²) in [5.41, 5.74) is 3.64. The molecule has 2 amide bonds. The first kappa shape index (κ1) is 32.1. The second kappa shape index (κ2) is 12.6. The number of amides is 2. The summed E-state index contributed by atoms with van der Waals surface area (Å²) in [6, 6.07) is 11.3. The number of fused-ring (bicyclic) bond motifs is 1. The van der Waals surface area contributed by atoms with Gasteiger partial charge in [-0.05, 0) is 77.8 Å². The van der Waals surface area contributed by atoms with E-state index >= 15 is 0 Å². The summed E-state index contributed by atoms with van der Waals surface area (Å²) < 4.78 is 31.9. The van der Waals surface area contributed by atoms with Crippen molar-refractivity contribution in [3.05, 3.63) is 63.8 Å². The maximum absolute atomic E-state index is 13.7. The predicted molar refractivity (Wildman–Crippen MR) is 152 cm³/mol. The number of benzene rings is 2. The van der Waals surface area contributed by atoms with Crippen molar-refractivity contribution >= 4 is 39.3 Å². The van der Waals surface area contributed by atoms with E-state index in [1.165, 1.54) is 12.1 Å². The number of nitrogens with zero attached hydrogens (tertiary/aromatic N) is 5. The third-order valence-corrected chi connectivity index (χ3v) is 8.38. The summed E-state index contributed by atoms with van der Waals surface area (Å²) in [6.45, 7) is 8.95. The Morgan fingerprint density at radius 3 is 2.49 bits per heavy atom. The number of nitrogens with one attached hydrogen (secondary N) is 1. The van der Waals surface area contributed by atoms with Crippen LogP contribution in [0.3, 0.4) is 0 Å². The zero-order valence-corrected chi connectivity index (χ0v) is 25.4. The van der Waals surface area contributed by atoms with Crippen molar-refractivity contribution < 1.29 is 32.3 Å². The summed E-state index contributed by atoms with van der Waals surface area (Å²) in [5.74, 6) is -0.584. The summed E-state index contributed by atoms with van der Waals surface area (Å²) in [6.07, 6.45) is -0.558. The molecule has 3 rings (SSSR count). The van der Waals surface area contributed by atoms with Crippen LogP contribution in [0.5, 0.6) is 0 Å². The van der Waals surface area contributed by atoms with Crippen LogP contribution in [0.1, 0.15) is 57.5 Å². The van der Waals surface area contributed by atoms with E-state index in [2.05, 4.69) is 15.9 Å². The minimum Gasteiger partial charge on any atom is -0.603 e. The summed E-state index contributed by atoms with van der Waals surface area (Å²) in [7, 11) is -4.75. The van der Waals surface area contributed by atoms with E-state index in [1.54, 1.807) is 39.6 Å². The van der Waals surface area contributed by atoms with Gasteiger partial charge in [0, 0.05) is 5.56 Å². The van der Waals surface area contributed by atoms with Crippen molar-refractivity contribution in [2.45, 2.75) is 64.5 Å². The van der Waals surface area contributed by atoms with Gasteiger partial charge in [0.15, 0.2) is 0 Å². The molecule has 2 aromatic carbocycles. The molecule has 0 spiro atoms. The molecule has 13 nitrogen and oxygen atoms in total.